The lowest BCUT2D eigenvalue weighted by atomic mass is 9.93. The van der Waals surface area contributed by atoms with Gasteiger partial charge in [0, 0.05) is 28.0 Å². The number of hydrogen-bond donors (Lipinski definition) is 1. The van der Waals surface area contributed by atoms with Crippen molar-refractivity contribution in [3.8, 4) is 0 Å². The number of aliphatic imine (C=N–C) groups is 2. The third-order valence-electron chi connectivity index (χ3n) is 3.29. The molecular weight excluding hydrogens is 316 g/mol. The van der Waals surface area contributed by atoms with Crippen LogP contribution in [0.2, 0.25) is 0 Å². The highest BCUT2D eigenvalue weighted by Gasteiger charge is 2.38. The number of halogens is 1. The van der Waals surface area contributed by atoms with E-state index in [9.17, 15) is 0 Å². The molecule has 1 aliphatic heterocycles. The van der Waals surface area contributed by atoms with Gasteiger partial charge >= 0.3 is 0 Å². The van der Waals surface area contributed by atoms with Gasteiger partial charge in [-0.1, -0.05) is 28.1 Å². The fourth-order valence-electron chi connectivity index (χ4n) is 2.29. The second-order valence-electron chi connectivity index (χ2n) is 4.61. The van der Waals surface area contributed by atoms with Crippen molar-refractivity contribution >= 4 is 27.5 Å². The molecule has 2 heterocycles. The van der Waals surface area contributed by atoms with Gasteiger partial charge in [-0.15, -0.1) is 0 Å². The Bertz CT molecular complexity index is 689. The van der Waals surface area contributed by atoms with Gasteiger partial charge in [0.05, 0.1) is 5.71 Å². The Morgan fingerprint density at radius 2 is 1.80 bits per heavy atom. The van der Waals surface area contributed by atoms with Crippen LogP contribution in [0.1, 0.15) is 18.1 Å². The number of rotatable bonds is 2. The highest BCUT2D eigenvalue weighted by Crippen LogP contribution is 2.38. The fraction of sp³-hybridized carbons (Fsp3) is 0.133. The molecule has 1 unspecified atom stereocenters. The summed E-state index contributed by atoms with van der Waals surface area (Å²) in [5.74, 6) is 0.474. The molecule has 2 N–H and O–H groups in total. The number of pyridine rings is 1. The van der Waals surface area contributed by atoms with Crippen LogP contribution in [0.5, 0.6) is 0 Å². The lowest BCUT2D eigenvalue weighted by molar-refractivity contribution is 0.586. The Morgan fingerprint density at radius 1 is 1.05 bits per heavy atom. The van der Waals surface area contributed by atoms with E-state index in [-0.39, 0.29) is 0 Å². The van der Waals surface area contributed by atoms with Crippen LogP contribution in [-0.4, -0.2) is 16.5 Å². The zero-order valence-corrected chi connectivity index (χ0v) is 12.5. The molecule has 1 aromatic carbocycles. The average molecular weight is 329 g/mol. The molecule has 0 saturated heterocycles. The van der Waals surface area contributed by atoms with Crippen LogP contribution in [-0.2, 0) is 5.66 Å². The first-order valence-corrected chi connectivity index (χ1v) is 7.00. The molecule has 2 aromatic rings. The van der Waals surface area contributed by atoms with Crippen molar-refractivity contribution in [1.82, 2.24) is 4.98 Å². The normalized spacial score (nSPS) is 21.5. The molecule has 0 radical (unpaired) electrons. The van der Waals surface area contributed by atoms with Crippen molar-refractivity contribution in [2.45, 2.75) is 12.6 Å². The Labute approximate surface area is 125 Å². The van der Waals surface area contributed by atoms with E-state index >= 15 is 0 Å². The Hall–Kier alpha value is -2.01. The van der Waals surface area contributed by atoms with Gasteiger partial charge in [-0.2, -0.15) is 0 Å². The first kappa shape index (κ1) is 13.0. The summed E-state index contributed by atoms with van der Waals surface area (Å²) in [6.45, 7) is 1.87. The number of benzene rings is 1. The zero-order valence-electron chi connectivity index (χ0n) is 10.9. The van der Waals surface area contributed by atoms with Crippen LogP contribution in [0.15, 0.2) is 63.2 Å². The molecule has 1 aromatic heterocycles. The second-order valence-corrected chi connectivity index (χ2v) is 5.53. The van der Waals surface area contributed by atoms with Crippen LogP contribution in [0.25, 0.3) is 0 Å². The lowest BCUT2D eigenvalue weighted by Gasteiger charge is -2.24. The van der Waals surface area contributed by atoms with Gasteiger partial charge in [0.1, 0.15) is 5.84 Å². The van der Waals surface area contributed by atoms with E-state index in [1.165, 1.54) is 0 Å². The van der Waals surface area contributed by atoms with Crippen LogP contribution in [0, 0.1) is 0 Å². The quantitative estimate of drug-likeness (QED) is 0.921. The van der Waals surface area contributed by atoms with Gasteiger partial charge in [0.25, 0.3) is 0 Å². The summed E-state index contributed by atoms with van der Waals surface area (Å²) < 4.78 is 0.983. The second kappa shape index (κ2) is 4.83. The largest absolute Gasteiger partial charge is 0.382 e. The van der Waals surface area contributed by atoms with Crippen LogP contribution >= 0.6 is 15.9 Å². The minimum Gasteiger partial charge on any atom is -0.382 e. The zero-order chi connectivity index (χ0) is 14.2. The van der Waals surface area contributed by atoms with Crippen molar-refractivity contribution in [2.24, 2.45) is 15.7 Å². The monoisotopic (exact) mass is 328 g/mol. The van der Waals surface area contributed by atoms with Gasteiger partial charge in [0.15, 0.2) is 0 Å². The van der Waals surface area contributed by atoms with Crippen molar-refractivity contribution in [2.75, 3.05) is 0 Å². The predicted molar refractivity (Wildman–Crippen MR) is 83.9 cm³/mol. The lowest BCUT2D eigenvalue weighted by Crippen LogP contribution is -2.22. The number of amidine groups is 1. The summed E-state index contributed by atoms with van der Waals surface area (Å²) in [6.07, 6.45) is 3.48. The van der Waals surface area contributed by atoms with E-state index in [0.717, 1.165) is 21.3 Å². The smallest absolute Gasteiger partial charge is 0.204 e. The standard InChI is InChI=1S/C15H13BrN4/c1-10-14(17)20-15(19-10,11-5-7-18-8-6-11)12-3-2-4-13(16)9-12/h2-9H,1H3,(H2,17,20). The molecule has 0 aliphatic carbocycles. The number of aromatic nitrogens is 1. The minimum atomic E-state index is -0.805. The van der Waals surface area contributed by atoms with E-state index in [1.54, 1.807) is 12.4 Å². The maximum absolute atomic E-state index is 5.96. The first-order chi connectivity index (χ1) is 9.62. The third kappa shape index (κ3) is 2.04. The van der Waals surface area contributed by atoms with E-state index in [2.05, 4.69) is 25.9 Å². The summed E-state index contributed by atoms with van der Waals surface area (Å²) in [7, 11) is 0. The van der Waals surface area contributed by atoms with Crippen LogP contribution in [0.3, 0.4) is 0 Å². The minimum absolute atomic E-state index is 0.474. The van der Waals surface area contributed by atoms with Crippen LogP contribution in [0.4, 0.5) is 0 Å². The summed E-state index contributed by atoms with van der Waals surface area (Å²) in [6, 6.07) is 11.8. The highest BCUT2D eigenvalue weighted by atomic mass is 79.9. The van der Waals surface area contributed by atoms with E-state index < -0.39 is 5.66 Å². The summed E-state index contributed by atoms with van der Waals surface area (Å²) >= 11 is 3.50. The molecule has 0 amide bonds. The molecule has 0 bridgehead atoms. The maximum atomic E-state index is 5.96. The average Bonchev–Trinajstić information content (AvgIpc) is 2.77. The Morgan fingerprint density at radius 3 is 2.40 bits per heavy atom. The summed E-state index contributed by atoms with van der Waals surface area (Å²) in [5.41, 5.74) is 7.83. The SMILES string of the molecule is CC1=NC(c2ccncc2)(c2cccc(Br)c2)N=C1N. The van der Waals surface area contributed by atoms with Gasteiger partial charge in [-0.05, 0) is 31.2 Å². The number of hydrogen-bond acceptors (Lipinski definition) is 4. The fourth-order valence-corrected chi connectivity index (χ4v) is 2.69. The molecule has 1 aliphatic rings. The van der Waals surface area contributed by atoms with Crippen LogP contribution < -0.4 is 5.73 Å². The van der Waals surface area contributed by atoms with Crippen molar-refractivity contribution in [3.05, 3.63) is 64.4 Å². The molecule has 4 nitrogen and oxygen atoms in total. The molecule has 0 spiro atoms. The molecule has 0 saturated carbocycles. The van der Waals surface area contributed by atoms with Crippen molar-refractivity contribution in [1.29, 1.82) is 0 Å². The molecular formula is C15H13BrN4. The predicted octanol–water partition coefficient (Wildman–Crippen LogP) is 2.88. The topological polar surface area (TPSA) is 63.6 Å². The number of nitrogens with zero attached hydrogens (tertiary/aromatic N) is 3. The molecule has 100 valence electrons. The molecule has 5 heteroatoms. The van der Waals surface area contributed by atoms with Gasteiger partial charge < -0.3 is 5.73 Å². The number of nitrogens with two attached hydrogens (primary N) is 1. The molecule has 3 rings (SSSR count). The van der Waals surface area contributed by atoms with Gasteiger partial charge in [-0.25, -0.2) is 9.98 Å². The highest BCUT2D eigenvalue weighted by molar-refractivity contribution is 9.10. The molecule has 20 heavy (non-hydrogen) atoms. The molecule has 0 fully saturated rings. The van der Waals surface area contributed by atoms with Gasteiger partial charge in [-0.3, -0.25) is 4.98 Å². The summed E-state index contributed by atoms with van der Waals surface area (Å²) in [5, 5.41) is 0. The summed E-state index contributed by atoms with van der Waals surface area (Å²) in [4.78, 5) is 13.4. The van der Waals surface area contributed by atoms with Gasteiger partial charge in [0.2, 0.25) is 5.66 Å². The Kier molecular flexibility index (Phi) is 3.14. The Balaban J connectivity index is 2.26. The molecule has 1 atom stereocenters. The van der Waals surface area contributed by atoms with Crippen molar-refractivity contribution < 1.29 is 0 Å². The third-order valence-corrected chi connectivity index (χ3v) is 3.79. The first-order valence-electron chi connectivity index (χ1n) is 6.20. The maximum Gasteiger partial charge on any atom is 0.204 e. The van der Waals surface area contributed by atoms with Crippen molar-refractivity contribution in [3.63, 3.8) is 0 Å². The van der Waals surface area contributed by atoms with E-state index in [1.807, 2.05) is 43.3 Å². The van der Waals surface area contributed by atoms with E-state index in [4.69, 9.17) is 10.7 Å². The van der Waals surface area contributed by atoms with E-state index in [0.29, 0.717) is 5.84 Å².